The van der Waals surface area contributed by atoms with Crippen LogP contribution in [0.5, 0.6) is 11.5 Å². The van der Waals surface area contributed by atoms with E-state index < -0.39 is 12.1 Å². The van der Waals surface area contributed by atoms with Crippen molar-refractivity contribution in [2.75, 3.05) is 27.2 Å². The first-order valence-corrected chi connectivity index (χ1v) is 10.6. The molecule has 1 N–H and O–H groups in total. The number of hydrogen-bond donors (Lipinski definition) is 1. The van der Waals surface area contributed by atoms with Gasteiger partial charge in [-0.1, -0.05) is 30.3 Å². The predicted octanol–water partition coefficient (Wildman–Crippen LogP) is 5.18. The van der Waals surface area contributed by atoms with Crippen molar-refractivity contribution in [1.82, 2.24) is 4.90 Å². The van der Waals surface area contributed by atoms with E-state index in [1.165, 1.54) is 31.5 Å². The third kappa shape index (κ3) is 5.86. The number of aliphatic carboxylic acids is 1. The molecule has 4 rings (SSSR count). The van der Waals surface area contributed by atoms with Crippen LogP contribution in [0.3, 0.4) is 0 Å². The lowest BCUT2D eigenvalue weighted by Gasteiger charge is -2.19. The highest BCUT2D eigenvalue weighted by atomic mass is 16.5. The minimum atomic E-state index is -1.05. The lowest BCUT2D eigenvalue weighted by molar-refractivity contribution is -0.145. The van der Waals surface area contributed by atoms with Crippen molar-refractivity contribution in [3.63, 3.8) is 0 Å². The largest absolute Gasteiger partial charge is 0.497 e. The zero-order chi connectivity index (χ0) is 21.3. The average Bonchev–Trinajstić information content (AvgIpc) is 3.47. The summed E-state index contributed by atoms with van der Waals surface area (Å²) in [6, 6.07) is 14.5. The number of rotatable bonds is 6. The van der Waals surface area contributed by atoms with Gasteiger partial charge in [-0.05, 0) is 87.6 Å². The van der Waals surface area contributed by atoms with Gasteiger partial charge in [0, 0.05) is 5.56 Å². The molecule has 2 aromatic rings. The summed E-state index contributed by atoms with van der Waals surface area (Å²) in [5, 5.41) is 9.69. The minimum absolute atomic E-state index is 0.499. The molecular weight excluding hydrogens is 378 g/mol. The average molecular weight is 410 g/mol. The van der Waals surface area contributed by atoms with Gasteiger partial charge in [0.05, 0.1) is 7.11 Å². The fourth-order valence-electron chi connectivity index (χ4n) is 3.85. The highest BCUT2D eigenvalue weighted by Crippen LogP contribution is 2.34. The van der Waals surface area contributed by atoms with E-state index in [0.29, 0.717) is 17.1 Å². The summed E-state index contributed by atoms with van der Waals surface area (Å²) in [5.74, 6) is 0.195. The van der Waals surface area contributed by atoms with Gasteiger partial charge in [-0.25, -0.2) is 4.79 Å². The molecule has 1 unspecified atom stereocenters. The van der Waals surface area contributed by atoms with Crippen molar-refractivity contribution in [2.45, 2.75) is 38.2 Å². The standard InChI is InChI=1S/C20H20O4.C5H11N/c1-23-15-10-12-16(13-11-15)24-19(20(21)22)18-9-5-4-8-17(18)14-6-2-3-7-14;1-6-4-2-3-5-6/h4-6,8-13,19H,2-3,7H2,1H3,(H,21,22);2-5H2,1H3. The van der Waals surface area contributed by atoms with Gasteiger partial charge in [0.1, 0.15) is 11.5 Å². The van der Waals surface area contributed by atoms with Gasteiger partial charge < -0.3 is 19.5 Å². The lowest BCUT2D eigenvalue weighted by Crippen LogP contribution is -2.19. The number of benzene rings is 2. The molecule has 1 saturated heterocycles. The second kappa shape index (κ2) is 10.8. The molecule has 2 aliphatic rings. The van der Waals surface area contributed by atoms with E-state index in [-0.39, 0.29) is 0 Å². The first-order chi connectivity index (χ1) is 14.6. The van der Waals surface area contributed by atoms with E-state index in [4.69, 9.17) is 9.47 Å². The van der Waals surface area contributed by atoms with Crippen LogP contribution < -0.4 is 9.47 Å². The zero-order valence-electron chi connectivity index (χ0n) is 17.8. The molecule has 1 aliphatic carbocycles. The zero-order valence-corrected chi connectivity index (χ0v) is 17.8. The van der Waals surface area contributed by atoms with E-state index in [0.717, 1.165) is 24.8 Å². The molecule has 30 heavy (non-hydrogen) atoms. The van der Waals surface area contributed by atoms with E-state index in [9.17, 15) is 9.90 Å². The SMILES string of the molecule is CN1CCCC1.COc1ccc(OC(C(=O)O)c2ccccc2C2=CCCC2)cc1. The van der Waals surface area contributed by atoms with Crippen LogP contribution in [0.2, 0.25) is 0 Å². The van der Waals surface area contributed by atoms with Crippen LogP contribution >= 0.6 is 0 Å². The summed E-state index contributed by atoms with van der Waals surface area (Å²) in [4.78, 5) is 14.2. The van der Waals surface area contributed by atoms with Crippen molar-refractivity contribution in [3.8, 4) is 11.5 Å². The van der Waals surface area contributed by atoms with Gasteiger partial charge in [0.15, 0.2) is 0 Å². The summed E-state index contributed by atoms with van der Waals surface area (Å²) >= 11 is 0. The van der Waals surface area contributed by atoms with E-state index in [1.807, 2.05) is 24.3 Å². The smallest absolute Gasteiger partial charge is 0.349 e. The number of likely N-dealkylation sites (tertiary alicyclic amines) is 1. The van der Waals surface area contributed by atoms with Gasteiger partial charge in [0.2, 0.25) is 6.10 Å². The van der Waals surface area contributed by atoms with Crippen LogP contribution in [-0.2, 0) is 4.79 Å². The normalized spacial score (nSPS) is 16.9. The molecular formula is C25H31NO4. The number of allylic oxidation sites excluding steroid dienone is 2. The number of carbonyl (C=O) groups is 1. The van der Waals surface area contributed by atoms with Gasteiger partial charge in [-0.2, -0.15) is 0 Å². The predicted molar refractivity (Wildman–Crippen MR) is 119 cm³/mol. The Hall–Kier alpha value is -2.79. The van der Waals surface area contributed by atoms with Crippen LogP contribution in [0.15, 0.2) is 54.6 Å². The Morgan fingerprint density at radius 3 is 2.20 bits per heavy atom. The van der Waals surface area contributed by atoms with E-state index >= 15 is 0 Å². The fraction of sp³-hybridized carbons (Fsp3) is 0.400. The van der Waals surface area contributed by atoms with Crippen molar-refractivity contribution in [3.05, 3.63) is 65.7 Å². The molecule has 5 nitrogen and oxygen atoms in total. The van der Waals surface area contributed by atoms with Gasteiger partial charge in [0.25, 0.3) is 0 Å². The first kappa shape index (κ1) is 21.9. The Balaban J connectivity index is 0.000000367. The maximum Gasteiger partial charge on any atom is 0.349 e. The molecule has 1 fully saturated rings. The fourth-order valence-corrected chi connectivity index (χ4v) is 3.85. The first-order valence-electron chi connectivity index (χ1n) is 10.6. The molecule has 2 aromatic carbocycles. The van der Waals surface area contributed by atoms with Crippen molar-refractivity contribution >= 4 is 11.5 Å². The molecule has 0 saturated carbocycles. The summed E-state index contributed by atoms with van der Waals surface area (Å²) in [6.45, 7) is 2.64. The van der Waals surface area contributed by atoms with Gasteiger partial charge >= 0.3 is 5.97 Å². The second-order valence-corrected chi connectivity index (χ2v) is 7.73. The monoisotopic (exact) mass is 409 g/mol. The number of nitrogens with zero attached hydrogens (tertiary/aromatic N) is 1. The van der Waals surface area contributed by atoms with Crippen LogP contribution in [-0.4, -0.2) is 43.2 Å². The molecule has 160 valence electrons. The number of methoxy groups -OCH3 is 1. The highest BCUT2D eigenvalue weighted by Gasteiger charge is 2.26. The van der Waals surface area contributed by atoms with Crippen LogP contribution in [0.4, 0.5) is 0 Å². The highest BCUT2D eigenvalue weighted by molar-refractivity contribution is 5.79. The van der Waals surface area contributed by atoms with Crippen LogP contribution in [0, 0.1) is 0 Å². The molecule has 1 heterocycles. The molecule has 5 heteroatoms. The Morgan fingerprint density at radius 1 is 1.00 bits per heavy atom. The third-order valence-electron chi connectivity index (χ3n) is 5.50. The number of hydrogen-bond acceptors (Lipinski definition) is 4. The Kier molecular flexibility index (Phi) is 7.91. The number of carboxylic acids is 1. The molecule has 0 radical (unpaired) electrons. The van der Waals surface area contributed by atoms with Crippen molar-refractivity contribution in [1.29, 1.82) is 0 Å². The molecule has 1 atom stereocenters. The van der Waals surface area contributed by atoms with Crippen molar-refractivity contribution in [2.24, 2.45) is 0 Å². The second-order valence-electron chi connectivity index (χ2n) is 7.73. The number of ether oxygens (including phenoxy) is 2. The summed E-state index contributed by atoms with van der Waals surface area (Å²) in [6.07, 6.45) is 7.10. The molecule has 0 bridgehead atoms. The quantitative estimate of drug-likeness (QED) is 0.712. The van der Waals surface area contributed by atoms with Crippen LogP contribution in [0.1, 0.15) is 49.3 Å². The van der Waals surface area contributed by atoms with Crippen molar-refractivity contribution < 1.29 is 19.4 Å². The lowest BCUT2D eigenvalue weighted by atomic mass is 9.95. The van der Waals surface area contributed by atoms with Gasteiger partial charge in [-0.3, -0.25) is 0 Å². The topological polar surface area (TPSA) is 59.0 Å². The maximum absolute atomic E-state index is 11.8. The summed E-state index contributed by atoms with van der Waals surface area (Å²) < 4.78 is 10.9. The van der Waals surface area contributed by atoms with E-state index in [2.05, 4.69) is 18.0 Å². The van der Waals surface area contributed by atoms with Gasteiger partial charge in [-0.15, -0.1) is 0 Å². The molecule has 0 amide bonds. The Labute approximate surface area is 178 Å². The Morgan fingerprint density at radius 2 is 1.67 bits per heavy atom. The minimum Gasteiger partial charge on any atom is -0.497 e. The Bertz CT molecular complexity index is 854. The summed E-state index contributed by atoms with van der Waals surface area (Å²) in [5.41, 5.74) is 2.86. The third-order valence-corrected chi connectivity index (χ3v) is 5.50. The molecule has 0 spiro atoms. The van der Waals surface area contributed by atoms with Crippen LogP contribution in [0.25, 0.3) is 5.57 Å². The molecule has 0 aromatic heterocycles. The maximum atomic E-state index is 11.8. The molecule has 1 aliphatic heterocycles. The summed E-state index contributed by atoms with van der Waals surface area (Å²) in [7, 11) is 3.76. The number of carboxylic acid groups (broad SMARTS) is 1. The van der Waals surface area contributed by atoms with E-state index in [1.54, 1.807) is 31.4 Å².